The minimum Gasteiger partial charge on any atom is -0.486 e. The average molecular weight is 313 g/mol. The second-order valence-electron chi connectivity index (χ2n) is 5.41. The van der Waals surface area contributed by atoms with Crippen molar-refractivity contribution in [1.29, 1.82) is 0 Å². The highest BCUT2D eigenvalue weighted by Gasteiger charge is 2.30. The van der Waals surface area contributed by atoms with Crippen molar-refractivity contribution >= 4 is 11.7 Å². The molecule has 0 fully saturated rings. The first-order chi connectivity index (χ1) is 11.2. The number of nitrogens with one attached hydrogen (secondary N) is 1. The zero-order valence-corrected chi connectivity index (χ0v) is 12.2. The van der Waals surface area contributed by atoms with Crippen LogP contribution in [0, 0.1) is 0 Å². The summed E-state index contributed by atoms with van der Waals surface area (Å²) in [6, 6.07) is 12.7. The molecule has 0 saturated carbocycles. The summed E-state index contributed by atoms with van der Waals surface area (Å²) in [5.41, 5.74) is 2.11. The first-order valence-corrected chi connectivity index (χ1v) is 7.35. The Morgan fingerprint density at radius 3 is 2.87 bits per heavy atom. The van der Waals surface area contributed by atoms with Gasteiger partial charge in [-0.05, 0) is 18.2 Å². The van der Waals surface area contributed by atoms with Crippen molar-refractivity contribution < 1.29 is 24.1 Å². The molecule has 0 amide bonds. The second-order valence-corrected chi connectivity index (χ2v) is 5.41. The Balaban J connectivity index is 1.58. The number of hydrogen-bond acceptors (Lipinski definition) is 6. The van der Waals surface area contributed by atoms with Crippen LogP contribution in [-0.4, -0.2) is 30.4 Å². The van der Waals surface area contributed by atoms with Crippen LogP contribution in [0.25, 0.3) is 0 Å². The standard InChI is InChI=1S/C17H15NO5/c19-8-11-9-21-14-6-5-10(7-15(14)22-11)18-16-12-3-1-2-4-13(12)17(20)23-16/h1-7,11,16,18-19H,8-9H2. The van der Waals surface area contributed by atoms with Crippen LogP contribution in [0.15, 0.2) is 42.5 Å². The summed E-state index contributed by atoms with van der Waals surface area (Å²) in [5, 5.41) is 12.3. The summed E-state index contributed by atoms with van der Waals surface area (Å²) in [6.07, 6.45) is -0.905. The van der Waals surface area contributed by atoms with Gasteiger partial charge in [-0.3, -0.25) is 0 Å². The van der Waals surface area contributed by atoms with E-state index in [4.69, 9.17) is 14.2 Å². The maximum Gasteiger partial charge on any atom is 0.340 e. The van der Waals surface area contributed by atoms with Gasteiger partial charge in [0.25, 0.3) is 0 Å². The molecular weight excluding hydrogens is 298 g/mol. The molecule has 6 nitrogen and oxygen atoms in total. The summed E-state index contributed by atoms with van der Waals surface area (Å²) in [5.74, 6) is 0.845. The molecule has 2 N–H and O–H groups in total. The number of esters is 1. The summed E-state index contributed by atoms with van der Waals surface area (Å²) < 4.78 is 16.5. The topological polar surface area (TPSA) is 77.0 Å². The summed E-state index contributed by atoms with van der Waals surface area (Å²) in [4.78, 5) is 11.8. The fourth-order valence-corrected chi connectivity index (χ4v) is 2.70. The number of aliphatic hydroxyl groups excluding tert-OH is 1. The molecule has 2 atom stereocenters. The molecular formula is C17H15NO5. The third kappa shape index (κ3) is 2.47. The predicted octanol–water partition coefficient (Wildman–Crippen LogP) is 2.10. The van der Waals surface area contributed by atoms with Crippen LogP contribution in [0.3, 0.4) is 0 Å². The molecule has 2 heterocycles. The zero-order valence-electron chi connectivity index (χ0n) is 12.2. The summed E-state index contributed by atoms with van der Waals surface area (Å²) in [6.45, 7) is 0.217. The Morgan fingerprint density at radius 2 is 2.00 bits per heavy atom. The van der Waals surface area contributed by atoms with Crippen LogP contribution >= 0.6 is 0 Å². The Morgan fingerprint density at radius 1 is 1.13 bits per heavy atom. The van der Waals surface area contributed by atoms with Crippen LogP contribution in [0.4, 0.5) is 5.69 Å². The van der Waals surface area contributed by atoms with Crippen LogP contribution in [0.2, 0.25) is 0 Å². The average Bonchev–Trinajstić information content (AvgIpc) is 2.90. The minimum atomic E-state index is -0.533. The van der Waals surface area contributed by atoms with Crippen molar-refractivity contribution in [2.75, 3.05) is 18.5 Å². The number of fused-ring (bicyclic) bond motifs is 2. The molecule has 23 heavy (non-hydrogen) atoms. The number of ether oxygens (including phenoxy) is 3. The van der Waals surface area contributed by atoms with Gasteiger partial charge in [0, 0.05) is 17.3 Å². The van der Waals surface area contributed by atoms with E-state index >= 15 is 0 Å². The lowest BCUT2D eigenvalue weighted by atomic mass is 10.1. The number of cyclic esters (lactones) is 1. The van der Waals surface area contributed by atoms with Crippen LogP contribution in [-0.2, 0) is 4.74 Å². The van der Waals surface area contributed by atoms with E-state index in [9.17, 15) is 9.90 Å². The van der Waals surface area contributed by atoms with Gasteiger partial charge in [0.2, 0.25) is 6.23 Å². The number of aliphatic hydroxyl groups is 1. The van der Waals surface area contributed by atoms with Gasteiger partial charge >= 0.3 is 5.97 Å². The molecule has 2 aliphatic rings. The molecule has 6 heteroatoms. The van der Waals surface area contributed by atoms with E-state index in [0.29, 0.717) is 23.7 Å². The van der Waals surface area contributed by atoms with Crippen molar-refractivity contribution in [2.45, 2.75) is 12.3 Å². The lowest BCUT2D eigenvalue weighted by molar-refractivity contribution is 0.0432. The van der Waals surface area contributed by atoms with Crippen molar-refractivity contribution in [3.63, 3.8) is 0 Å². The van der Waals surface area contributed by atoms with E-state index in [-0.39, 0.29) is 18.7 Å². The molecule has 2 aliphatic heterocycles. The lowest BCUT2D eigenvalue weighted by Crippen LogP contribution is -2.32. The lowest BCUT2D eigenvalue weighted by Gasteiger charge is -2.26. The van der Waals surface area contributed by atoms with Gasteiger partial charge < -0.3 is 24.6 Å². The van der Waals surface area contributed by atoms with E-state index in [1.165, 1.54) is 0 Å². The maximum absolute atomic E-state index is 11.8. The van der Waals surface area contributed by atoms with Crippen molar-refractivity contribution in [3.05, 3.63) is 53.6 Å². The maximum atomic E-state index is 11.8. The van der Waals surface area contributed by atoms with Crippen molar-refractivity contribution in [1.82, 2.24) is 0 Å². The van der Waals surface area contributed by atoms with Gasteiger partial charge in [-0.25, -0.2) is 4.79 Å². The predicted molar refractivity (Wildman–Crippen MR) is 81.7 cm³/mol. The molecule has 0 radical (unpaired) electrons. The molecule has 0 spiro atoms. The Labute approximate surface area is 132 Å². The SMILES string of the molecule is O=C1OC(Nc2ccc3c(c2)OC(CO)CO3)c2ccccc21. The van der Waals surface area contributed by atoms with Gasteiger partial charge in [0.05, 0.1) is 12.2 Å². The Kier molecular flexibility index (Phi) is 3.31. The number of benzene rings is 2. The smallest absolute Gasteiger partial charge is 0.340 e. The third-order valence-electron chi connectivity index (χ3n) is 3.85. The molecule has 0 aliphatic carbocycles. The van der Waals surface area contributed by atoms with Crippen LogP contribution < -0.4 is 14.8 Å². The fraction of sp³-hybridized carbons (Fsp3) is 0.235. The molecule has 2 unspecified atom stereocenters. The van der Waals surface area contributed by atoms with Gasteiger partial charge in [-0.1, -0.05) is 18.2 Å². The first kappa shape index (κ1) is 13.9. The Hall–Kier alpha value is -2.73. The number of hydrogen-bond donors (Lipinski definition) is 2. The van der Waals surface area contributed by atoms with Gasteiger partial charge in [-0.2, -0.15) is 0 Å². The fourth-order valence-electron chi connectivity index (χ4n) is 2.70. The number of rotatable bonds is 3. The van der Waals surface area contributed by atoms with E-state index in [1.807, 2.05) is 24.3 Å². The minimum absolute atomic E-state index is 0.106. The highest BCUT2D eigenvalue weighted by molar-refractivity contribution is 5.94. The van der Waals surface area contributed by atoms with E-state index in [1.54, 1.807) is 18.2 Å². The number of carbonyl (C=O) groups excluding carboxylic acids is 1. The van der Waals surface area contributed by atoms with Crippen LogP contribution in [0.5, 0.6) is 11.5 Å². The molecule has 0 aromatic heterocycles. The summed E-state index contributed by atoms with van der Waals surface area (Å²) in [7, 11) is 0. The van der Waals surface area contributed by atoms with E-state index in [0.717, 1.165) is 11.3 Å². The Bertz CT molecular complexity index is 760. The largest absolute Gasteiger partial charge is 0.486 e. The highest BCUT2D eigenvalue weighted by Crippen LogP contribution is 2.37. The number of carbonyl (C=O) groups is 1. The molecule has 4 rings (SSSR count). The number of anilines is 1. The van der Waals surface area contributed by atoms with Crippen molar-refractivity contribution in [2.24, 2.45) is 0 Å². The summed E-state index contributed by atoms with van der Waals surface area (Å²) >= 11 is 0. The first-order valence-electron chi connectivity index (χ1n) is 7.35. The highest BCUT2D eigenvalue weighted by atomic mass is 16.6. The van der Waals surface area contributed by atoms with Gasteiger partial charge in [-0.15, -0.1) is 0 Å². The quantitative estimate of drug-likeness (QED) is 0.845. The van der Waals surface area contributed by atoms with Gasteiger partial charge in [0.15, 0.2) is 17.6 Å². The normalized spacial score (nSPS) is 21.5. The monoisotopic (exact) mass is 313 g/mol. The van der Waals surface area contributed by atoms with Crippen LogP contribution in [0.1, 0.15) is 22.1 Å². The van der Waals surface area contributed by atoms with Gasteiger partial charge in [0.1, 0.15) is 6.61 Å². The van der Waals surface area contributed by atoms with E-state index < -0.39 is 6.23 Å². The zero-order chi connectivity index (χ0) is 15.8. The molecule has 118 valence electrons. The molecule has 2 aromatic carbocycles. The van der Waals surface area contributed by atoms with E-state index in [2.05, 4.69) is 5.32 Å². The molecule has 0 bridgehead atoms. The molecule has 0 saturated heterocycles. The molecule has 2 aromatic rings. The van der Waals surface area contributed by atoms with Crippen molar-refractivity contribution in [3.8, 4) is 11.5 Å². The second kappa shape index (κ2) is 5.48. The third-order valence-corrected chi connectivity index (χ3v) is 3.85.